The van der Waals surface area contributed by atoms with E-state index in [0.29, 0.717) is 0 Å². The van der Waals surface area contributed by atoms with E-state index in [4.69, 9.17) is 0 Å². The first-order valence-corrected chi connectivity index (χ1v) is 64.7. The summed E-state index contributed by atoms with van der Waals surface area (Å²) in [5.41, 5.74) is 37.7. The summed E-state index contributed by atoms with van der Waals surface area (Å²) in [4.78, 5) is 5.62. The van der Waals surface area contributed by atoms with Gasteiger partial charge in [-0.25, -0.2) is 0 Å². The van der Waals surface area contributed by atoms with Gasteiger partial charge in [0.05, 0.1) is 29.2 Å². The number of rotatable bonds is 48. The summed E-state index contributed by atoms with van der Waals surface area (Å²) in [6.45, 7) is 18.4. The fraction of sp³-hybridized carbons (Fsp3) is 0.406. The first kappa shape index (κ1) is 109. The van der Waals surface area contributed by atoms with Crippen molar-refractivity contribution in [3.05, 3.63) is 395 Å². The maximum absolute atomic E-state index is 4.44. The van der Waals surface area contributed by atoms with Crippen LogP contribution in [0.2, 0.25) is 0 Å². The summed E-state index contributed by atoms with van der Waals surface area (Å²) in [7, 11) is 8.28. The molecule has 0 amide bonds. The van der Waals surface area contributed by atoms with Gasteiger partial charge in [-0.05, 0) is 350 Å². The molecule has 142 heavy (non-hydrogen) atoms. The summed E-state index contributed by atoms with van der Waals surface area (Å²) >= 11 is 27.9. The molecule has 4 aromatic heterocycles. The molecule has 4 aliphatic rings. The second-order valence-corrected chi connectivity index (χ2v) is 52.4. The van der Waals surface area contributed by atoms with Crippen LogP contribution in [0, 0.1) is 0 Å². The van der Waals surface area contributed by atoms with E-state index in [-0.39, 0.29) is 0 Å². The Morgan fingerprint density at radius 2 is 0.423 bits per heavy atom. The van der Waals surface area contributed by atoms with Gasteiger partial charge in [-0.1, -0.05) is 404 Å². The van der Waals surface area contributed by atoms with Crippen molar-refractivity contribution in [1.29, 1.82) is 0 Å². The molecule has 18 rings (SSSR count). The molecule has 0 bridgehead atoms. The third kappa shape index (κ3) is 24.1. The normalized spacial score (nSPS) is 13.5. The Bertz CT molecular complexity index is 5890. The van der Waals surface area contributed by atoms with E-state index >= 15 is 0 Å². The molecule has 0 aliphatic heterocycles. The van der Waals surface area contributed by atoms with Gasteiger partial charge in [-0.15, -0.1) is 45.3 Å². The Kier molecular flexibility index (Phi) is 42.0. The van der Waals surface area contributed by atoms with Gasteiger partial charge in [-0.2, -0.15) is 0 Å². The first-order chi connectivity index (χ1) is 69.8. The van der Waals surface area contributed by atoms with Gasteiger partial charge in [0, 0.05) is 68.5 Å². The molecular weight excluding hydrogens is 2040 g/mol. The number of nitrogens with zero attached hydrogens (tertiary/aromatic N) is 1. The average molecular weight is 2190 g/mol. The van der Waals surface area contributed by atoms with Crippen LogP contribution in [0.25, 0.3) is 41.8 Å². The number of fused-ring (bicyclic) bond motifs is 12. The van der Waals surface area contributed by atoms with Crippen LogP contribution in [-0.4, -0.2) is 7.64 Å². The molecule has 1 radical (unpaired) electrons. The molecule has 0 spiro atoms. The fourth-order valence-electron chi connectivity index (χ4n) is 23.7. The van der Waals surface area contributed by atoms with Crippen LogP contribution in [0.5, 0.6) is 0 Å². The van der Waals surface area contributed by atoms with Gasteiger partial charge in [0.1, 0.15) is 0 Å². The molecule has 1 nitrogen and oxygen atoms in total. The van der Waals surface area contributed by atoms with Gasteiger partial charge in [0.15, 0.2) is 0 Å². The minimum atomic E-state index is -0.470. The molecule has 0 atom stereocenters. The standard InChI is InChI=1S/C64H72Br2S2.C64H74S2.BHNS.S5/c1-5-9-13-17-21-45-25-33-49(34-26-45)63(50-35-27-46(28-36-50)22-18-14-10-6-2)55-41-54-56(42-53(55)61-57(63)43-59(65)67-61)64(58-44-60(66)68-62(54)58,51-37-29-47(30-38-51)23-19-15-11-7-3)52-39-31-48(32-40-52)24-20-16-12-8-4;1-5-9-13-17-21-47-25-33-51(34-26-47)63(52-35-27-48(28-36-52)22-18-14-10-6-2)57-41-43-65-61(57)55-46-60-56(45-59(55)63)62-58(42-44-66-62)64(60,53-37-29-49(30-38-53)23-19-15-11-7-3)54-39-31-50(32-40-54)24-20-16-12-8-4;1-2-3;1-3-5-4-2/h25-44H,5-24H2,1-4H3;25-46H,5-24H2,1-4H3;3H;. The Balaban J connectivity index is 0.000000199. The van der Waals surface area contributed by atoms with Crippen LogP contribution in [0.1, 0.15) is 394 Å². The number of hydrogen-bond donors (Lipinski definition) is 1. The maximum atomic E-state index is 4.44. The molecule has 4 heterocycles. The Hall–Kier alpha value is -6.73. The van der Waals surface area contributed by atoms with E-state index in [1.54, 1.807) is 0 Å². The van der Waals surface area contributed by atoms with Crippen molar-refractivity contribution in [2.75, 3.05) is 0 Å². The third-order valence-corrected chi connectivity index (χ3v) is 40.6. The predicted molar refractivity (Wildman–Crippen MR) is 646 cm³/mol. The van der Waals surface area contributed by atoms with Gasteiger partial charge in [0.25, 0.3) is 0 Å². The zero-order chi connectivity index (χ0) is 99.3. The SMILES string of the molecule is CCCCCCc1ccc(C2(c3ccc(CCCCCC)cc3)c3cc4c(cc3-c3sc(Br)cc32)C(c2ccc(CCCCCC)cc2)(c2ccc(CCCCCC)cc2)c2cc(Br)sc2-4)cc1.CCCCCCc1ccc(C2(c3ccc(CCCCCC)cc3)c3cc4c(cc3-c3sccc32)C(c2ccc(CCCCCC)cc2)(c2ccc(CCCCCC)cc2)c2ccsc2-4)cc1.S=S=S=S=S.[B]=NS. The molecule has 14 heteroatoms. The molecule has 10 aromatic carbocycles. The zero-order valence-corrected chi connectivity index (χ0v) is 96.8. The summed E-state index contributed by atoms with van der Waals surface area (Å²) < 4.78 is 5.08. The number of unbranched alkanes of at least 4 members (excludes halogenated alkanes) is 24. The van der Waals surface area contributed by atoms with Gasteiger partial charge >= 0.3 is 24.8 Å². The van der Waals surface area contributed by atoms with E-state index in [9.17, 15) is 0 Å². The van der Waals surface area contributed by atoms with Crippen molar-refractivity contribution < 1.29 is 0 Å². The first-order valence-electron chi connectivity index (χ1n) is 54.0. The van der Waals surface area contributed by atoms with Crippen molar-refractivity contribution in [2.45, 2.75) is 334 Å². The molecule has 0 saturated heterocycles. The monoisotopic (exact) mass is 2190 g/mol. The Morgan fingerprint density at radius 3 is 0.592 bits per heavy atom. The second kappa shape index (κ2) is 54.5. The van der Waals surface area contributed by atoms with Crippen LogP contribution in [0.4, 0.5) is 0 Å². The summed E-state index contributed by atoms with van der Waals surface area (Å²) in [5, 5.41) is 4.73. The molecule has 4 aliphatic carbocycles. The molecule has 0 unspecified atom stereocenters. The topological polar surface area (TPSA) is 12.4 Å². The molecule has 0 N–H and O–H groups in total. The molecule has 0 saturated carbocycles. The number of hydrogen-bond acceptors (Lipinski definition) is 8. The van der Waals surface area contributed by atoms with Crippen molar-refractivity contribution in [1.82, 2.24) is 0 Å². The Morgan fingerprint density at radius 1 is 0.246 bits per heavy atom. The zero-order valence-electron chi connectivity index (χ0n) is 85.4. The second-order valence-electron chi connectivity index (χ2n) is 40.2. The van der Waals surface area contributed by atoms with Crippen LogP contribution in [0.3, 0.4) is 0 Å². The Labute approximate surface area is 911 Å². The number of halogens is 2. The quantitative estimate of drug-likeness (QED) is 0.0232. The molecular formula is C128H147BBr2NS10. The van der Waals surface area contributed by atoms with E-state index in [2.05, 4.69) is 388 Å². The van der Waals surface area contributed by atoms with Gasteiger partial charge in [-0.3, -0.25) is 0 Å². The molecule has 14 aromatic rings. The van der Waals surface area contributed by atoms with E-state index in [1.165, 1.54) is 415 Å². The van der Waals surface area contributed by atoms with Gasteiger partial charge in [0.2, 0.25) is 0 Å². The predicted octanol–water partition coefficient (Wildman–Crippen LogP) is 39.8. The van der Waals surface area contributed by atoms with E-state index < -0.39 is 21.7 Å². The van der Waals surface area contributed by atoms with Crippen molar-refractivity contribution in [3.8, 4) is 41.8 Å². The summed E-state index contributed by atoms with van der Waals surface area (Å²) in [6, 6.07) is 99.5. The van der Waals surface area contributed by atoms with Crippen molar-refractivity contribution >= 4 is 147 Å². The molecule has 0 fully saturated rings. The van der Waals surface area contributed by atoms with Crippen LogP contribution >= 0.6 is 90.0 Å². The number of thiol groups is 1. The van der Waals surface area contributed by atoms with Crippen LogP contribution < -0.4 is 0 Å². The summed E-state index contributed by atoms with van der Waals surface area (Å²) in [5.74, 6) is 0. The molecule has 741 valence electrons. The van der Waals surface area contributed by atoms with E-state index in [0.717, 1.165) is 51.4 Å². The van der Waals surface area contributed by atoms with Crippen molar-refractivity contribution in [2.24, 2.45) is 4.30 Å². The fourth-order valence-corrected chi connectivity index (χ4v) is 31.7. The third-order valence-electron chi connectivity index (χ3n) is 31.0. The van der Waals surface area contributed by atoms with Gasteiger partial charge < -0.3 is 0 Å². The number of thiophene rings is 4. The minimum absolute atomic E-state index is 0.414. The average Bonchev–Trinajstić information content (AvgIpc) is 1.51. The van der Waals surface area contributed by atoms with Crippen LogP contribution in [0.15, 0.2) is 265 Å². The number of aryl methyl sites for hydroxylation is 8. The number of benzene rings is 10. The summed E-state index contributed by atoms with van der Waals surface area (Å²) in [6.07, 6.45) is 50.3. The van der Waals surface area contributed by atoms with Crippen molar-refractivity contribution in [3.63, 3.8) is 0 Å². The van der Waals surface area contributed by atoms with E-state index in [1.807, 2.05) is 45.3 Å². The van der Waals surface area contributed by atoms with Crippen LogP contribution in [-0.2, 0) is 122 Å².